The summed E-state index contributed by atoms with van der Waals surface area (Å²) in [5.74, 6) is 0.960. The largest absolute Gasteiger partial charge is 0.472 e. The zero-order chi connectivity index (χ0) is 11.7. The Kier molecular flexibility index (Phi) is 2.42. The maximum atomic E-state index is 5.81. The summed E-state index contributed by atoms with van der Waals surface area (Å²) in [5, 5.41) is 4.57. The summed E-state index contributed by atoms with van der Waals surface area (Å²) in [6.07, 6.45) is 3.11. The molecule has 0 aliphatic rings. The highest BCUT2D eigenvalue weighted by molar-refractivity contribution is 6.30. The Bertz CT molecular complexity index is 614. The molecule has 0 saturated carbocycles. The first-order chi connectivity index (χ1) is 8.33. The number of hydrogen-bond donors (Lipinski definition) is 0. The summed E-state index contributed by atoms with van der Waals surface area (Å²) in [5.41, 5.74) is 1.62. The molecule has 3 rings (SSSR count). The van der Waals surface area contributed by atoms with Crippen LogP contribution in [0.25, 0.3) is 22.8 Å². The normalized spacial score (nSPS) is 10.6. The molecule has 0 aliphatic heterocycles. The quantitative estimate of drug-likeness (QED) is 0.693. The van der Waals surface area contributed by atoms with E-state index >= 15 is 0 Å². The van der Waals surface area contributed by atoms with Crippen molar-refractivity contribution in [1.29, 1.82) is 0 Å². The Morgan fingerprint density at radius 3 is 2.53 bits per heavy atom. The molecule has 0 atom stereocenters. The maximum absolute atomic E-state index is 5.81. The Morgan fingerprint density at radius 1 is 1.00 bits per heavy atom. The van der Waals surface area contributed by atoms with Crippen molar-refractivity contribution in [3.63, 3.8) is 0 Å². The van der Waals surface area contributed by atoms with Crippen LogP contribution in [0.2, 0.25) is 5.02 Å². The number of rotatable bonds is 2. The van der Waals surface area contributed by atoms with Crippen LogP contribution in [0.5, 0.6) is 0 Å². The van der Waals surface area contributed by atoms with Crippen LogP contribution in [0.15, 0.2) is 51.8 Å². The van der Waals surface area contributed by atoms with Crippen molar-refractivity contribution in [2.75, 3.05) is 0 Å². The van der Waals surface area contributed by atoms with Gasteiger partial charge < -0.3 is 8.94 Å². The highest BCUT2D eigenvalue weighted by Gasteiger charge is 2.10. The lowest BCUT2D eigenvalue weighted by Gasteiger charge is -1.92. The van der Waals surface area contributed by atoms with Crippen LogP contribution in [0.1, 0.15) is 0 Å². The second kappa shape index (κ2) is 4.07. The third kappa shape index (κ3) is 1.94. The van der Waals surface area contributed by atoms with Crippen molar-refractivity contribution >= 4 is 11.6 Å². The van der Waals surface area contributed by atoms with Crippen LogP contribution in [-0.2, 0) is 0 Å². The van der Waals surface area contributed by atoms with Gasteiger partial charge in [0.25, 0.3) is 5.89 Å². The summed E-state index contributed by atoms with van der Waals surface area (Å²) in [4.78, 5) is 4.27. The second-order valence-electron chi connectivity index (χ2n) is 3.44. The first-order valence-corrected chi connectivity index (χ1v) is 5.33. The lowest BCUT2D eigenvalue weighted by molar-refractivity contribution is 0.431. The van der Waals surface area contributed by atoms with Gasteiger partial charge in [-0.3, -0.25) is 0 Å². The highest BCUT2D eigenvalue weighted by Crippen LogP contribution is 2.23. The summed E-state index contributed by atoms with van der Waals surface area (Å²) in [6, 6.07) is 9.01. The fourth-order valence-corrected chi connectivity index (χ4v) is 1.57. The van der Waals surface area contributed by atoms with Crippen molar-refractivity contribution in [2.45, 2.75) is 0 Å². The highest BCUT2D eigenvalue weighted by atomic mass is 35.5. The molecule has 0 fully saturated rings. The number of halogens is 1. The third-order valence-electron chi connectivity index (χ3n) is 2.30. The van der Waals surface area contributed by atoms with Gasteiger partial charge in [0, 0.05) is 10.6 Å². The van der Waals surface area contributed by atoms with E-state index in [-0.39, 0.29) is 0 Å². The predicted molar refractivity (Wildman–Crippen MR) is 62.4 cm³/mol. The van der Waals surface area contributed by atoms with Gasteiger partial charge in [-0.15, -0.1) is 0 Å². The van der Waals surface area contributed by atoms with E-state index in [1.807, 2.05) is 12.1 Å². The third-order valence-corrected chi connectivity index (χ3v) is 2.55. The average Bonchev–Trinajstić information content (AvgIpc) is 3.00. The molecule has 0 aliphatic carbocycles. The molecule has 2 aromatic heterocycles. The molecule has 0 N–H and O–H groups in total. The molecular formula is C12H7ClN2O2. The lowest BCUT2D eigenvalue weighted by Crippen LogP contribution is -1.79. The van der Waals surface area contributed by atoms with Crippen LogP contribution in [0.3, 0.4) is 0 Å². The van der Waals surface area contributed by atoms with E-state index in [0.29, 0.717) is 16.7 Å². The maximum Gasteiger partial charge on any atom is 0.261 e. The molecule has 3 aromatic rings. The van der Waals surface area contributed by atoms with Crippen molar-refractivity contribution in [1.82, 2.24) is 10.1 Å². The Balaban J connectivity index is 1.98. The summed E-state index contributed by atoms with van der Waals surface area (Å²) >= 11 is 5.81. The second-order valence-corrected chi connectivity index (χ2v) is 3.88. The van der Waals surface area contributed by atoms with Gasteiger partial charge in [-0.05, 0) is 30.3 Å². The topological polar surface area (TPSA) is 52.1 Å². The molecule has 0 saturated heterocycles. The van der Waals surface area contributed by atoms with E-state index in [9.17, 15) is 0 Å². The molecule has 84 valence electrons. The van der Waals surface area contributed by atoms with Crippen LogP contribution in [0.4, 0.5) is 0 Å². The minimum Gasteiger partial charge on any atom is -0.472 e. The van der Waals surface area contributed by atoms with E-state index in [2.05, 4.69) is 10.1 Å². The molecule has 0 bridgehead atoms. The van der Waals surface area contributed by atoms with Crippen LogP contribution in [0, 0.1) is 0 Å². The molecule has 5 heteroatoms. The van der Waals surface area contributed by atoms with E-state index in [1.54, 1.807) is 30.7 Å². The number of benzene rings is 1. The smallest absolute Gasteiger partial charge is 0.261 e. The standard InChI is InChI=1S/C12H7ClN2O2/c13-10-3-1-8(2-4-10)11-14-12(17-15-11)9-5-6-16-7-9/h1-7H. The van der Waals surface area contributed by atoms with Gasteiger partial charge in [0.1, 0.15) is 6.26 Å². The first kappa shape index (κ1) is 10.1. The van der Waals surface area contributed by atoms with E-state index in [1.165, 1.54) is 0 Å². The molecule has 2 heterocycles. The fourth-order valence-electron chi connectivity index (χ4n) is 1.44. The summed E-state index contributed by atoms with van der Waals surface area (Å²) in [7, 11) is 0. The SMILES string of the molecule is Clc1ccc(-c2noc(-c3ccoc3)n2)cc1. The molecule has 0 unspecified atom stereocenters. The van der Waals surface area contributed by atoms with Crippen molar-refractivity contribution < 1.29 is 8.94 Å². The van der Waals surface area contributed by atoms with Gasteiger partial charge in [-0.2, -0.15) is 4.98 Å². The zero-order valence-corrected chi connectivity index (χ0v) is 9.39. The van der Waals surface area contributed by atoms with Crippen LogP contribution >= 0.6 is 11.6 Å². The first-order valence-electron chi connectivity index (χ1n) is 4.95. The number of furan rings is 1. The zero-order valence-electron chi connectivity index (χ0n) is 8.63. The Labute approximate surface area is 102 Å². The fraction of sp³-hybridized carbons (Fsp3) is 0. The molecule has 1 aromatic carbocycles. The van der Waals surface area contributed by atoms with Gasteiger partial charge in [0.15, 0.2) is 0 Å². The Morgan fingerprint density at radius 2 is 1.82 bits per heavy atom. The molecule has 0 spiro atoms. The van der Waals surface area contributed by atoms with Gasteiger partial charge >= 0.3 is 0 Å². The van der Waals surface area contributed by atoms with Gasteiger partial charge in [0.05, 0.1) is 11.8 Å². The Hall–Kier alpha value is -2.07. The molecule has 0 radical (unpaired) electrons. The van der Waals surface area contributed by atoms with Gasteiger partial charge in [0.2, 0.25) is 5.82 Å². The van der Waals surface area contributed by atoms with Crippen molar-refractivity contribution in [3.05, 3.63) is 47.9 Å². The van der Waals surface area contributed by atoms with Crippen molar-refractivity contribution in [2.24, 2.45) is 0 Å². The summed E-state index contributed by atoms with van der Waals surface area (Å²) < 4.78 is 10.1. The van der Waals surface area contributed by atoms with E-state index in [4.69, 9.17) is 20.5 Å². The van der Waals surface area contributed by atoms with Crippen molar-refractivity contribution in [3.8, 4) is 22.8 Å². The number of hydrogen-bond acceptors (Lipinski definition) is 4. The average molecular weight is 247 g/mol. The summed E-state index contributed by atoms with van der Waals surface area (Å²) in [6.45, 7) is 0. The number of nitrogens with zero attached hydrogens (tertiary/aromatic N) is 2. The van der Waals surface area contributed by atoms with Gasteiger partial charge in [-0.1, -0.05) is 16.8 Å². The molecular weight excluding hydrogens is 240 g/mol. The molecule has 4 nitrogen and oxygen atoms in total. The minimum absolute atomic E-state index is 0.434. The van der Waals surface area contributed by atoms with Crippen LogP contribution < -0.4 is 0 Å². The minimum atomic E-state index is 0.434. The lowest BCUT2D eigenvalue weighted by atomic mass is 10.2. The van der Waals surface area contributed by atoms with E-state index < -0.39 is 0 Å². The van der Waals surface area contributed by atoms with Crippen LogP contribution in [-0.4, -0.2) is 10.1 Å². The predicted octanol–water partition coefficient (Wildman–Crippen LogP) is 3.65. The molecule has 17 heavy (non-hydrogen) atoms. The van der Waals surface area contributed by atoms with E-state index in [0.717, 1.165) is 11.1 Å². The number of aromatic nitrogens is 2. The van der Waals surface area contributed by atoms with Gasteiger partial charge in [-0.25, -0.2) is 0 Å². The monoisotopic (exact) mass is 246 g/mol. The molecule has 0 amide bonds.